The van der Waals surface area contributed by atoms with E-state index < -0.39 is 0 Å². The molecule has 0 saturated carbocycles. The molecular weight excluding hydrogens is 174 g/mol. The summed E-state index contributed by atoms with van der Waals surface area (Å²) in [6.07, 6.45) is 4.95. The molecule has 0 radical (unpaired) electrons. The summed E-state index contributed by atoms with van der Waals surface area (Å²) in [6.45, 7) is 0.917. The van der Waals surface area contributed by atoms with E-state index in [0.717, 1.165) is 18.7 Å². The van der Waals surface area contributed by atoms with Crippen LogP contribution >= 0.6 is 0 Å². The zero-order valence-corrected chi connectivity index (χ0v) is 8.06. The third-order valence-corrected chi connectivity index (χ3v) is 2.12. The lowest BCUT2D eigenvalue weighted by atomic mass is 10.2. The zero-order valence-electron chi connectivity index (χ0n) is 8.06. The molecule has 3 N–H and O–H groups in total. The van der Waals surface area contributed by atoms with E-state index in [0.29, 0.717) is 0 Å². The summed E-state index contributed by atoms with van der Waals surface area (Å²) in [6, 6.07) is 10.1. The highest BCUT2D eigenvalue weighted by Crippen LogP contribution is 2.07. The number of hydrogen-bond donors (Lipinski definition) is 1. The van der Waals surface area contributed by atoms with E-state index in [1.807, 2.05) is 41.2 Å². The van der Waals surface area contributed by atoms with Gasteiger partial charge in [-0.15, -0.1) is 0 Å². The molecule has 72 valence electrons. The van der Waals surface area contributed by atoms with Crippen LogP contribution in [0.2, 0.25) is 0 Å². The first-order chi connectivity index (χ1) is 6.90. The van der Waals surface area contributed by atoms with Crippen LogP contribution < -0.4 is 5.73 Å². The summed E-state index contributed by atoms with van der Waals surface area (Å²) < 4.78 is 1.89. The molecule has 0 unspecified atom stereocenters. The van der Waals surface area contributed by atoms with Gasteiger partial charge >= 0.3 is 0 Å². The van der Waals surface area contributed by atoms with Gasteiger partial charge in [-0.05, 0) is 17.7 Å². The molecule has 0 aliphatic rings. The van der Waals surface area contributed by atoms with Crippen LogP contribution in [-0.4, -0.2) is 16.3 Å². The normalized spacial score (nSPS) is 10.4. The number of quaternary nitrogens is 1. The van der Waals surface area contributed by atoms with Crippen molar-refractivity contribution in [2.75, 3.05) is 6.54 Å². The minimum Gasteiger partial charge on any atom is -0.357 e. The first kappa shape index (κ1) is 8.97. The lowest BCUT2D eigenvalue weighted by Crippen LogP contribution is -2.51. The Morgan fingerprint density at radius 2 is 2.00 bits per heavy atom. The summed E-state index contributed by atoms with van der Waals surface area (Å²) in [5, 5.41) is 4.29. The van der Waals surface area contributed by atoms with Gasteiger partial charge in [-0.2, -0.15) is 5.10 Å². The van der Waals surface area contributed by atoms with E-state index in [9.17, 15) is 0 Å². The fourth-order valence-electron chi connectivity index (χ4n) is 1.42. The van der Waals surface area contributed by atoms with Gasteiger partial charge in [0.25, 0.3) is 0 Å². The zero-order chi connectivity index (χ0) is 9.80. The second-order valence-electron chi connectivity index (χ2n) is 3.23. The molecule has 0 atom stereocenters. The molecule has 3 nitrogen and oxygen atoms in total. The Labute approximate surface area is 83.2 Å². The monoisotopic (exact) mass is 188 g/mol. The Bertz CT molecular complexity index is 392. The van der Waals surface area contributed by atoms with Crippen LogP contribution in [0.25, 0.3) is 5.69 Å². The third kappa shape index (κ3) is 1.83. The van der Waals surface area contributed by atoms with Gasteiger partial charge < -0.3 is 5.73 Å². The van der Waals surface area contributed by atoms with Crippen LogP contribution in [0.15, 0.2) is 42.7 Å². The van der Waals surface area contributed by atoms with Crippen LogP contribution in [-0.2, 0) is 6.42 Å². The fraction of sp³-hybridized carbons (Fsp3) is 0.182. The molecule has 1 heterocycles. The van der Waals surface area contributed by atoms with Gasteiger partial charge in [-0.1, -0.05) is 18.2 Å². The summed E-state index contributed by atoms with van der Waals surface area (Å²) in [7, 11) is 0. The first-order valence-electron chi connectivity index (χ1n) is 4.78. The van der Waals surface area contributed by atoms with Gasteiger partial charge in [0.15, 0.2) is 0 Å². The van der Waals surface area contributed by atoms with E-state index in [-0.39, 0.29) is 0 Å². The minimum atomic E-state index is 0.917. The van der Waals surface area contributed by atoms with Crippen LogP contribution in [0.3, 0.4) is 0 Å². The van der Waals surface area contributed by atoms with Gasteiger partial charge in [-0.3, -0.25) is 0 Å². The van der Waals surface area contributed by atoms with Gasteiger partial charge in [0, 0.05) is 12.6 Å². The molecule has 2 rings (SSSR count). The maximum absolute atomic E-state index is 4.29. The van der Waals surface area contributed by atoms with E-state index in [1.54, 1.807) is 0 Å². The molecule has 2 aromatic rings. The SMILES string of the molecule is [NH3+]CCc1cnn(-c2ccccc2)c1. The smallest absolute Gasteiger partial charge is 0.0781 e. The van der Waals surface area contributed by atoms with Crippen molar-refractivity contribution in [3.8, 4) is 5.69 Å². The number of hydrogen-bond acceptors (Lipinski definition) is 1. The first-order valence-corrected chi connectivity index (χ1v) is 4.78. The molecule has 1 aromatic heterocycles. The highest BCUT2D eigenvalue weighted by Gasteiger charge is 1.99. The highest BCUT2D eigenvalue weighted by atomic mass is 15.3. The van der Waals surface area contributed by atoms with Crippen molar-refractivity contribution in [2.45, 2.75) is 6.42 Å². The Hall–Kier alpha value is -1.61. The molecule has 1 aromatic carbocycles. The van der Waals surface area contributed by atoms with Gasteiger partial charge in [0.05, 0.1) is 18.4 Å². The molecule has 3 heteroatoms. The predicted molar refractivity (Wildman–Crippen MR) is 55.0 cm³/mol. The molecule has 0 amide bonds. The molecule has 0 fully saturated rings. The van der Waals surface area contributed by atoms with E-state index in [1.165, 1.54) is 5.56 Å². The molecule has 0 saturated heterocycles. The predicted octanol–water partition coefficient (Wildman–Crippen LogP) is 0.657. The number of aromatic nitrogens is 2. The Morgan fingerprint density at radius 3 is 2.71 bits per heavy atom. The average molecular weight is 188 g/mol. The second-order valence-corrected chi connectivity index (χ2v) is 3.23. The van der Waals surface area contributed by atoms with Crippen LogP contribution in [0.1, 0.15) is 5.56 Å². The van der Waals surface area contributed by atoms with Crippen molar-refractivity contribution < 1.29 is 5.73 Å². The summed E-state index contributed by atoms with van der Waals surface area (Å²) in [4.78, 5) is 0. The van der Waals surface area contributed by atoms with Crippen molar-refractivity contribution in [1.82, 2.24) is 9.78 Å². The highest BCUT2D eigenvalue weighted by molar-refractivity contribution is 5.30. The lowest BCUT2D eigenvalue weighted by molar-refractivity contribution is -0.366. The Morgan fingerprint density at radius 1 is 1.21 bits per heavy atom. The van der Waals surface area contributed by atoms with Gasteiger partial charge in [0.2, 0.25) is 0 Å². The average Bonchev–Trinajstić information content (AvgIpc) is 2.68. The van der Waals surface area contributed by atoms with E-state index in [4.69, 9.17) is 0 Å². The maximum Gasteiger partial charge on any atom is 0.0781 e. The van der Waals surface area contributed by atoms with E-state index >= 15 is 0 Å². The van der Waals surface area contributed by atoms with Gasteiger partial charge in [-0.25, -0.2) is 4.68 Å². The Kier molecular flexibility index (Phi) is 2.60. The van der Waals surface area contributed by atoms with E-state index in [2.05, 4.69) is 17.0 Å². The molecule has 0 aliphatic carbocycles. The number of nitrogens with zero attached hydrogens (tertiary/aromatic N) is 2. The fourth-order valence-corrected chi connectivity index (χ4v) is 1.42. The quantitative estimate of drug-likeness (QED) is 0.755. The summed E-state index contributed by atoms with van der Waals surface area (Å²) in [5.74, 6) is 0. The number of rotatable bonds is 3. The third-order valence-electron chi connectivity index (χ3n) is 2.12. The van der Waals surface area contributed by atoms with Crippen molar-refractivity contribution in [2.24, 2.45) is 0 Å². The van der Waals surface area contributed by atoms with Crippen molar-refractivity contribution in [3.05, 3.63) is 48.3 Å². The standard InChI is InChI=1S/C11H13N3/c12-7-6-10-8-13-14(9-10)11-4-2-1-3-5-11/h1-5,8-9H,6-7,12H2/p+1. The minimum absolute atomic E-state index is 0.917. The largest absolute Gasteiger partial charge is 0.357 e. The molecule has 0 aliphatic heterocycles. The number of para-hydroxylation sites is 1. The summed E-state index contributed by atoms with van der Waals surface area (Å²) in [5.41, 5.74) is 6.17. The maximum atomic E-state index is 4.29. The number of benzene rings is 1. The van der Waals surface area contributed by atoms with Gasteiger partial charge in [0.1, 0.15) is 0 Å². The second kappa shape index (κ2) is 4.07. The van der Waals surface area contributed by atoms with Crippen molar-refractivity contribution in [3.63, 3.8) is 0 Å². The van der Waals surface area contributed by atoms with Crippen LogP contribution in [0, 0.1) is 0 Å². The molecule has 14 heavy (non-hydrogen) atoms. The van der Waals surface area contributed by atoms with Crippen LogP contribution in [0.4, 0.5) is 0 Å². The Balaban J connectivity index is 2.25. The van der Waals surface area contributed by atoms with Crippen molar-refractivity contribution >= 4 is 0 Å². The topological polar surface area (TPSA) is 45.5 Å². The molecule has 0 bridgehead atoms. The van der Waals surface area contributed by atoms with Crippen LogP contribution in [0.5, 0.6) is 0 Å². The molecular formula is C11H14N3+. The lowest BCUT2D eigenvalue weighted by Gasteiger charge is -1.98. The summed E-state index contributed by atoms with van der Waals surface area (Å²) >= 11 is 0. The van der Waals surface area contributed by atoms with Crippen molar-refractivity contribution in [1.29, 1.82) is 0 Å². The molecule has 0 spiro atoms.